The zero-order chi connectivity index (χ0) is 22.7. The summed E-state index contributed by atoms with van der Waals surface area (Å²) in [4.78, 5) is 0. The van der Waals surface area contributed by atoms with Crippen molar-refractivity contribution in [3.8, 4) is 5.69 Å². The second-order valence-corrected chi connectivity index (χ2v) is 8.12. The fraction of sp³-hybridized carbons (Fsp3) is 0.174. The van der Waals surface area contributed by atoms with E-state index in [1.54, 1.807) is 29.1 Å². The highest BCUT2D eigenvalue weighted by Gasteiger charge is 2.13. The second-order valence-electron chi connectivity index (χ2n) is 7.30. The van der Waals surface area contributed by atoms with Crippen molar-refractivity contribution in [2.45, 2.75) is 26.9 Å². The predicted octanol–water partition coefficient (Wildman–Crippen LogP) is 5.01. The Morgan fingerprint density at radius 2 is 1.81 bits per heavy atom. The van der Waals surface area contributed by atoms with Crippen molar-refractivity contribution in [1.82, 2.24) is 24.9 Å². The molecule has 164 valence electrons. The van der Waals surface area contributed by atoms with Gasteiger partial charge in [-0.15, -0.1) is 0 Å². The van der Waals surface area contributed by atoms with Crippen LogP contribution < -0.4 is 10.6 Å². The van der Waals surface area contributed by atoms with Gasteiger partial charge >= 0.3 is 0 Å². The first-order chi connectivity index (χ1) is 15.4. The van der Waals surface area contributed by atoms with E-state index in [-0.39, 0.29) is 12.4 Å². The zero-order valence-electron chi connectivity index (χ0n) is 17.6. The van der Waals surface area contributed by atoms with Crippen molar-refractivity contribution in [2.24, 2.45) is 0 Å². The van der Waals surface area contributed by atoms with E-state index in [0.717, 1.165) is 22.6 Å². The lowest BCUT2D eigenvalue weighted by Gasteiger charge is -2.10. The van der Waals surface area contributed by atoms with Crippen LogP contribution in [0.3, 0.4) is 0 Å². The fourth-order valence-corrected chi connectivity index (χ4v) is 3.84. The van der Waals surface area contributed by atoms with Gasteiger partial charge in [-0.2, -0.15) is 10.2 Å². The molecule has 9 heteroatoms. The molecule has 2 aromatic heterocycles. The minimum Gasteiger partial charge on any atom is -0.358 e. The molecule has 0 atom stereocenters. The molecular weight excluding hydrogens is 447 g/mol. The molecule has 0 radical (unpaired) electrons. The second kappa shape index (κ2) is 9.50. The van der Waals surface area contributed by atoms with Crippen molar-refractivity contribution in [1.29, 1.82) is 0 Å². The number of aryl methyl sites for hydroxylation is 1. The van der Waals surface area contributed by atoms with Gasteiger partial charge in [0.1, 0.15) is 5.82 Å². The van der Waals surface area contributed by atoms with Crippen molar-refractivity contribution in [3.05, 3.63) is 94.1 Å². The fourth-order valence-electron chi connectivity index (χ4n) is 3.44. The van der Waals surface area contributed by atoms with Crippen LogP contribution in [0.15, 0.2) is 60.8 Å². The Kier molecular flexibility index (Phi) is 6.53. The lowest BCUT2D eigenvalue weighted by atomic mass is 10.2. The topological polar surface area (TPSA) is 59.7 Å². The molecule has 4 rings (SSSR count). The molecule has 0 unspecified atom stereocenters. The molecular formula is C23H22ClFN6S. The Labute approximate surface area is 196 Å². The molecule has 32 heavy (non-hydrogen) atoms. The van der Waals surface area contributed by atoms with Crippen LogP contribution in [0.5, 0.6) is 0 Å². The lowest BCUT2D eigenvalue weighted by molar-refractivity contribution is 0.586. The number of aromatic nitrogens is 4. The maximum Gasteiger partial charge on any atom is 0.172 e. The Morgan fingerprint density at radius 1 is 1.03 bits per heavy atom. The highest BCUT2D eigenvalue weighted by atomic mass is 35.5. The van der Waals surface area contributed by atoms with Gasteiger partial charge in [-0.1, -0.05) is 35.9 Å². The normalized spacial score (nSPS) is 10.9. The molecule has 6 nitrogen and oxygen atoms in total. The number of anilines is 1. The zero-order valence-corrected chi connectivity index (χ0v) is 19.2. The minimum absolute atomic E-state index is 0.227. The van der Waals surface area contributed by atoms with E-state index in [1.807, 2.05) is 48.9 Å². The highest BCUT2D eigenvalue weighted by molar-refractivity contribution is 7.80. The monoisotopic (exact) mass is 468 g/mol. The molecule has 0 amide bonds. The van der Waals surface area contributed by atoms with Crippen LogP contribution >= 0.6 is 23.8 Å². The number of hydrogen-bond acceptors (Lipinski definition) is 3. The maximum atomic E-state index is 14.0. The van der Waals surface area contributed by atoms with E-state index in [9.17, 15) is 4.39 Å². The third-order valence-electron chi connectivity index (χ3n) is 5.13. The van der Waals surface area contributed by atoms with E-state index in [4.69, 9.17) is 23.8 Å². The van der Waals surface area contributed by atoms with Gasteiger partial charge in [-0.25, -0.2) is 9.07 Å². The van der Waals surface area contributed by atoms with Crippen molar-refractivity contribution >= 4 is 34.7 Å². The summed E-state index contributed by atoms with van der Waals surface area (Å²) in [6.45, 7) is 4.78. The number of rotatable bonds is 6. The molecule has 2 heterocycles. The molecule has 0 aliphatic carbocycles. The predicted molar refractivity (Wildman–Crippen MR) is 129 cm³/mol. The van der Waals surface area contributed by atoms with Gasteiger partial charge in [0.2, 0.25) is 0 Å². The third kappa shape index (κ3) is 4.81. The molecule has 0 bridgehead atoms. The number of benzene rings is 2. The summed E-state index contributed by atoms with van der Waals surface area (Å²) in [7, 11) is 0. The van der Waals surface area contributed by atoms with E-state index in [1.165, 1.54) is 6.07 Å². The van der Waals surface area contributed by atoms with Gasteiger partial charge in [-0.05, 0) is 50.3 Å². The summed E-state index contributed by atoms with van der Waals surface area (Å²) in [5, 5.41) is 16.1. The van der Waals surface area contributed by atoms with Crippen LogP contribution in [0.25, 0.3) is 5.69 Å². The molecule has 0 saturated heterocycles. The van der Waals surface area contributed by atoms with Gasteiger partial charge in [-0.3, -0.25) is 4.68 Å². The number of para-hydroxylation sites is 1. The Morgan fingerprint density at radius 3 is 2.56 bits per heavy atom. The van der Waals surface area contributed by atoms with Gasteiger partial charge < -0.3 is 10.6 Å². The quantitative estimate of drug-likeness (QED) is 0.389. The molecule has 0 fully saturated rings. The number of nitrogens with one attached hydrogen (secondary N) is 2. The molecule has 0 saturated carbocycles. The van der Waals surface area contributed by atoms with Crippen molar-refractivity contribution < 1.29 is 4.39 Å². The standard InChI is InChI=1S/C23H22ClFN6S/c1-15-18(16(2)31(28-15)17-7-4-3-5-8-17)13-26-23(32)27-22-11-12-30(29-22)14-19-20(24)9-6-10-21(19)25/h3-12H,13-14H2,1-2H3,(H2,26,27,29,32). The van der Waals surface area contributed by atoms with E-state index < -0.39 is 0 Å². The van der Waals surface area contributed by atoms with Crippen LogP contribution in [0.4, 0.5) is 10.2 Å². The van der Waals surface area contributed by atoms with E-state index in [0.29, 0.717) is 28.1 Å². The van der Waals surface area contributed by atoms with Gasteiger partial charge in [0, 0.05) is 40.7 Å². The first kappa shape index (κ1) is 22.0. The Bertz CT molecular complexity index is 1230. The summed E-state index contributed by atoms with van der Waals surface area (Å²) in [6.07, 6.45) is 1.74. The molecule has 2 N–H and O–H groups in total. The summed E-state index contributed by atoms with van der Waals surface area (Å²) >= 11 is 11.5. The van der Waals surface area contributed by atoms with Crippen LogP contribution in [-0.4, -0.2) is 24.7 Å². The first-order valence-electron chi connectivity index (χ1n) is 10.0. The van der Waals surface area contributed by atoms with Crippen molar-refractivity contribution in [2.75, 3.05) is 5.32 Å². The summed E-state index contributed by atoms with van der Waals surface area (Å²) in [5.74, 6) is 0.199. The molecule has 0 spiro atoms. The summed E-state index contributed by atoms with van der Waals surface area (Å²) in [6, 6.07) is 16.4. The van der Waals surface area contributed by atoms with E-state index >= 15 is 0 Å². The van der Waals surface area contributed by atoms with Crippen LogP contribution in [0.1, 0.15) is 22.5 Å². The van der Waals surface area contributed by atoms with Gasteiger partial charge in [0.25, 0.3) is 0 Å². The lowest BCUT2D eigenvalue weighted by Crippen LogP contribution is -2.28. The average molecular weight is 469 g/mol. The molecule has 2 aromatic carbocycles. The molecule has 4 aromatic rings. The van der Waals surface area contributed by atoms with Gasteiger partial charge in [0.15, 0.2) is 10.9 Å². The van der Waals surface area contributed by atoms with Gasteiger partial charge in [0.05, 0.1) is 17.9 Å². The van der Waals surface area contributed by atoms with Crippen LogP contribution in [-0.2, 0) is 13.1 Å². The van der Waals surface area contributed by atoms with Crippen molar-refractivity contribution in [3.63, 3.8) is 0 Å². The molecule has 0 aliphatic heterocycles. The smallest absolute Gasteiger partial charge is 0.172 e. The number of nitrogens with zero attached hydrogens (tertiary/aromatic N) is 4. The summed E-state index contributed by atoms with van der Waals surface area (Å²) < 4.78 is 17.5. The SMILES string of the molecule is Cc1nn(-c2ccccc2)c(C)c1CNC(=S)Nc1ccn(Cc2c(F)cccc2Cl)n1. The largest absolute Gasteiger partial charge is 0.358 e. The number of halogens is 2. The number of hydrogen-bond donors (Lipinski definition) is 2. The van der Waals surface area contributed by atoms with Crippen LogP contribution in [0, 0.1) is 19.7 Å². The Balaban J connectivity index is 1.38. The maximum absolute atomic E-state index is 14.0. The average Bonchev–Trinajstić information content (AvgIpc) is 3.33. The Hall–Kier alpha value is -3.23. The number of thiocarbonyl (C=S) groups is 1. The highest BCUT2D eigenvalue weighted by Crippen LogP contribution is 2.20. The molecule has 0 aliphatic rings. The third-order valence-corrected chi connectivity index (χ3v) is 5.73. The first-order valence-corrected chi connectivity index (χ1v) is 10.8. The minimum atomic E-state index is -0.360. The summed E-state index contributed by atoms with van der Waals surface area (Å²) in [5.41, 5.74) is 4.48. The van der Waals surface area contributed by atoms with Crippen LogP contribution in [0.2, 0.25) is 5.02 Å². The van der Waals surface area contributed by atoms with E-state index in [2.05, 4.69) is 20.8 Å².